The van der Waals surface area contributed by atoms with Crippen molar-refractivity contribution in [2.24, 2.45) is 5.92 Å². The quantitative estimate of drug-likeness (QED) is 0.841. The van der Waals surface area contributed by atoms with E-state index in [1.54, 1.807) is 18.2 Å². The van der Waals surface area contributed by atoms with Crippen molar-refractivity contribution in [2.45, 2.75) is 26.8 Å². The van der Waals surface area contributed by atoms with Crippen LogP contribution in [0.15, 0.2) is 42.5 Å². The van der Waals surface area contributed by atoms with Gasteiger partial charge in [-0.15, -0.1) is 0 Å². The lowest BCUT2D eigenvalue weighted by Gasteiger charge is -2.10. The Morgan fingerprint density at radius 1 is 1.10 bits per heavy atom. The van der Waals surface area contributed by atoms with Gasteiger partial charge in [-0.2, -0.15) is 5.26 Å². The molecule has 0 radical (unpaired) electrons. The molecule has 2 aromatic carbocycles. The maximum absolute atomic E-state index is 8.92. The predicted molar refractivity (Wildman–Crippen MR) is 88.5 cm³/mol. The Labute approximate surface area is 131 Å². The van der Waals surface area contributed by atoms with Crippen molar-refractivity contribution in [3.05, 3.63) is 64.2 Å². The molecule has 0 unspecified atom stereocenters. The van der Waals surface area contributed by atoms with Crippen LogP contribution < -0.4 is 5.32 Å². The first-order valence-corrected chi connectivity index (χ1v) is 7.47. The summed E-state index contributed by atoms with van der Waals surface area (Å²) in [5.74, 6) is 0.668. The molecule has 0 spiro atoms. The minimum Gasteiger partial charge on any atom is -0.380 e. The second kappa shape index (κ2) is 7.15. The molecule has 1 N–H and O–H groups in total. The van der Waals surface area contributed by atoms with E-state index in [2.05, 4.69) is 49.5 Å². The molecule has 0 bridgehead atoms. The van der Waals surface area contributed by atoms with Gasteiger partial charge in [-0.1, -0.05) is 49.7 Å². The Morgan fingerprint density at radius 3 is 2.38 bits per heavy atom. The van der Waals surface area contributed by atoms with Crippen molar-refractivity contribution in [1.29, 1.82) is 5.26 Å². The number of nitriles is 1. The highest BCUT2D eigenvalue weighted by molar-refractivity contribution is 6.33. The Bertz CT molecular complexity index is 639. The molecule has 2 nitrogen and oxygen atoms in total. The fourth-order valence-corrected chi connectivity index (χ4v) is 2.38. The highest BCUT2D eigenvalue weighted by Gasteiger charge is 2.03. The summed E-state index contributed by atoms with van der Waals surface area (Å²) in [4.78, 5) is 0. The monoisotopic (exact) mass is 298 g/mol. The molecule has 0 amide bonds. The first kappa shape index (κ1) is 15.4. The highest BCUT2D eigenvalue weighted by Crippen LogP contribution is 2.23. The number of benzene rings is 2. The molecule has 2 aromatic rings. The van der Waals surface area contributed by atoms with Crippen LogP contribution in [0.5, 0.6) is 0 Å². The summed E-state index contributed by atoms with van der Waals surface area (Å²) in [7, 11) is 0. The lowest BCUT2D eigenvalue weighted by atomic mass is 10.0. The van der Waals surface area contributed by atoms with Gasteiger partial charge in [0.05, 0.1) is 22.3 Å². The Balaban J connectivity index is 2.01. The highest BCUT2D eigenvalue weighted by atomic mass is 35.5. The van der Waals surface area contributed by atoms with Crippen LogP contribution in [-0.4, -0.2) is 0 Å². The number of hydrogen-bond donors (Lipinski definition) is 1. The van der Waals surface area contributed by atoms with Crippen molar-refractivity contribution in [3.8, 4) is 6.07 Å². The molecule has 0 fully saturated rings. The minimum absolute atomic E-state index is 0.606. The number of anilines is 1. The maximum Gasteiger partial charge on any atom is 0.0992 e. The molecular weight excluding hydrogens is 280 g/mol. The molecule has 0 heterocycles. The van der Waals surface area contributed by atoms with E-state index >= 15 is 0 Å². The number of rotatable bonds is 5. The van der Waals surface area contributed by atoms with Crippen LogP contribution in [0.3, 0.4) is 0 Å². The summed E-state index contributed by atoms with van der Waals surface area (Å²) < 4.78 is 0. The van der Waals surface area contributed by atoms with Crippen LogP contribution in [0.25, 0.3) is 0 Å². The van der Waals surface area contributed by atoms with Crippen molar-refractivity contribution < 1.29 is 0 Å². The summed E-state index contributed by atoms with van der Waals surface area (Å²) in [6, 6.07) is 16.0. The van der Waals surface area contributed by atoms with Crippen molar-refractivity contribution >= 4 is 17.3 Å². The molecule has 0 aliphatic rings. The van der Waals surface area contributed by atoms with E-state index in [-0.39, 0.29) is 0 Å². The predicted octanol–water partition coefficient (Wildman–Crippen LogP) is 5.02. The van der Waals surface area contributed by atoms with Gasteiger partial charge in [0.15, 0.2) is 0 Å². The van der Waals surface area contributed by atoms with E-state index in [0.717, 1.165) is 12.1 Å². The van der Waals surface area contributed by atoms with Gasteiger partial charge in [-0.05, 0) is 41.7 Å². The van der Waals surface area contributed by atoms with Crippen LogP contribution in [0.1, 0.15) is 30.5 Å². The number of halogens is 1. The Hall–Kier alpha value is -1.98. The van der Waals surface area contributed by atoms with Crippen LogP contribution in [0.2, 0.25) is 5.02 Å². The first-order chi connectivity index (χ1) is 10.1. The van der Waals surface area contributed by atoms with Crippen molar-refractivity contribution in [1.82, 2.24) is 0 Å². The molecule has 0 atom stereocenters. The van der Waals surface area contributed by atoms with Crippen LogP contribution in [0.4, 0.5) is 5.69 Å². The van der Waals surface area contributed by atoms with E-state index in [4.69, 9.17) is 16.9 Å². The largest absolute Gasteiger partial charge is 0.380 e. The number of hydrogen-bond acceptors (Lipinski definition) is 2. The summed E-state index contributed by atoms with van der Waals surface area (Å²) in [6.45, 7) is 5.13. The standard InChI is InChI=1S/C18H19ClN2/c1-13(2)9-14-3-5-15(6-4-14)12-21-18-10-16(11-20)7-8-17(18)19/h3-8,10,13,21H,9,12H2,1-2H3. The molecule has 3 heteroatoms. The zero-order valence-corrected chi connectivity index (χ0v) is 13.1. The average molecular weight is 299 g/mol. The second-order valence-corrected chi connectivity index (χ2v) is 5.98. The SMILES string of the molecule is CC(C)Cc1ccc(CNc2cc(C#N)ccc2Cl)cc1. The Kier molecular flexibility index (Phi) is 5.25. The third kappa shape index (κ3) is 4.51. The topological polar surface area (TPSA) is 35.8 Å². The van der Waals surface area contributed by atoms with E-state index < -0.39 is 0 Å². The molecule has 0 saturated heterocycles. The molecule has 108 valence electrons. The normalized spacial score (nSPS) is 10.4. The summed E-state index contributed by atoms with van der Waals surface area (Å²) in [5.41, 5.74) is 3.95. The molecule has 21 heavy (non-hydrogen) atoms. The minimum atomic E-state index is 0.606. The van der Waals surface area contributed by atoms with E-state index in [0.29, 0.717) is 23.0 Å². The second-order valence-electron chi connectivity index (χ2n) is 5.57. The van der Waals surface area contributed by atoms with Crippen molar-refractivity contribution in [2.75, 3.05) is 5.32 Å². The number of nitrogens with one attached hydrogen (secondary N) is 1. The van der Waals surface area contributed by atoms with E-state index in [1.807, 2.05) is 0 Å². The molecule has 0 aliphatic carbocycles. The summed E-state index contributed by atoms with van der Waals surface area (Å²) >= 11 is 6.13. The molecule has 2 rings (SSSR count). The van der Waals surface area contributed by atoms with Crippen molar-refractivity contribution in [3.63, 3.8) is 0 Å². The third-order valence-corrected chi connectivity index (χ3v) is 3.57. The molecular formula is C18H19ClN2. The van der Waals surface area contributed by atoms with Gasteiger partial charge in [0.1, 0.15) is 0 Å². The third-order valence-electron chi connectivity index (χ3n) is 3.25. The lowest BCUT2D eigenvalue weighted by molar-refractivity contribution is 0.647. The van der Waals surface area contributed by atoms with Gasteiger partial charge in [-0.25, -0.2) is 0 Å². The van der Waals surface area contributed by atoms with E-state index in [9.17, 15) is 0 Å². The lowest BCUT2D eigenvalue weighted by Crippen LogP contribution is -2.01. The van der Waals surface area contributed by atoms with Gasteiger partial charge in [0, 0.05) is 6.54 Å². The Morgan fingerprint density at radius 2 is 1.76 bits per heavy atom. The zero-order chi connectivity index (χ0) is 15.2. The van der Waals surface area contributed by atoms with Gasteiger partial charge < -0.3 is 5.32 Å². The van der Waals surface area contributed by atoms with Gasteiger partial charge in [0.2, 0.25) is 0 Å². The van der Waals surface area contributed by atoms with Gasteiger partial charge >= 0.3 is 0 Å². The first-order valence-electron chi connectivity index (χ1n) is 7.10. The molecule has 0 saturated carbocycles. The fraction of sp³-hybridized carbons (Fsp3) is 0.278. The number of nitrogens with zero attached hydrogens (tertiary/aromatic N) is 1. The summed E-state index contributed by atoms with van der Waals surface area (Å²) in [6.07, 6.45) is 1.10. The van der Waals surface area contributed by atoms with Crippen LogP contribution >= 0.6 is 11.6 Å². The van der Waals surface area contributed by atoms with Crippen LogP contribution in [-0.2, 0) is 13.0 Å². The fourth-order valence-electron chi connectivity index (χ4n) is 2.19. The van der Waals surface area contributed by atoms with Crippen LogP contribution in [0, 0.1) is 17.2 Å². The average Bonchev–Trinajstić information content (AvgIpc) is 2.47. The smallest absolute Gasteiger partial charge is 0.0992 e. The van der Waals surface area contributed by atoms with Gasteiger partial charge in [-0.3, -0.25) is 0 Å². The summed E-state index contributed by atoms with van der Waals surface area (Å²) in [5, 5.41) is 12.8. The molecule has 0 aliphatic heterocycles. The maximum atomic E-state index is 8.92. The van der Waals surface area contributed by atoms with Gasteiger partial charge in [0.25, 0.3) is 0 Å². The molecule has 0 aromatic heterocycles. The zero-order valence-electron chi connectivity index (χ0n) is 12.4. The van der Waals surface area contributed by atoms with E-state index in [1.165, 1.54) is 11.1 Å².